The van der Waals surface area contributed by atoms with E-state index in [0.717, 1.165) is 25.7 Å². The van der Waals surface area contributed by atoms with Crippen LogP contribution in [-0.2, 0) is 9.53 Å². The lowest BCUT2D eigenvalue weighted by Gasteiger charge is -2.28. The molecule has 0 unspecified atom stereocenters. The number of alkyl carbamates (subject to hydrolysis) is 1. The van der Waals surface area contributed by atoms with Crippen molar-refractivity contribution < 1.29 is 18.7 Å². The second-order valence-electron chi connectivity index (χ2n) is 8.51. The van der Waals surface area contributed by atoms with Crippen LogP contribution in [0.15, 0.2) is 24.5 Å². The number of hydrogen-bond donors (Lipinski definition) is 4. The first-order valence-electron chi connectivity index (χ1n) is 12.1. The lowest BCUT2D eigenvalue weighted by atomic mass is 9.86. The average molecular weight is 498 g/mol. The maximum absolute atomic E-state index is 13.4. The molecule has 2 aromatic heterocycles. The summed E-state index contributed by atoms with van der Waals surface area (Å²) in [6.45, 7) is 4.30. The van der Waals surface area contributed by atoms with Crippen LogP contribution in [0.1, 0.15) is 51.5 Å². The predicted molar refractivity (Wildman–Crippen MR) is 134 cm³/mol. The van der Waals surface area contributed by atoms with Gasteiger partial charge < -0.3 is 26.0 Å². The molecule has 10 nitrogen and oxygen atoms in total. The monoisotopic (exact) mass is 497 g/mol. The smallest absolute Gasteiger partial charge is 0.407 e. The van der Waals surface area contributed by atoms with E-state index in [-0.39, 0.29) is 17.9 Å². The lowest BCUT2D eigenvalue weighted by molar-refractivity contribution is -0.129. The van der Waals surface area contributed by atoms with Gasteiger partial charge >= 0.3 is 6.09 Å². The molecule has 0 radical (unpaired) electrons. The molecular formula is C25H32FN7O3. The Morgan fingerprint density at radius 3 is 2.89 bits per heavy atom. The summed E-state index contributed by atoms with van der Waals surface area (Å²) in [7, 11) is 1.44. The summed E-state index contributed by atoms with van der Waals surface area (Å²) < 4.78 is 18.4. The Hall–Kier alpha value is -3.94. The molecule has 2 amide bonds. The Balaban J connectivity index is 1.66. The summed E-state index contributed by atoms with van der Waals surface area (Å²) in [6, 6.07) is 2.85. The molecule has 1 aliphatic rings. The first-order chi connectivity index (χ1) is 17.4. The Labute approximate surface area is 210 Å². The molecule has 0 saturated heterocycles. The number of anilines is 3. The third kappa shape index (κ3) is 8.08. The van der Waals surface area contributed by atoms with Crippen molar-refractivity contribution in [3.63, 3.8) is 0 Å². The molecule has 1 fully saturated rings. The van der Waals surface area contributed by atoms with E-state index >= 15 is 0 Å². The minimum absolute atomic E-state index is 0.0393. The van der Waals surface area contributed by atoms with Crippen LogP contribution >= 0.6 is 0 Å². The highest BCUT2D eigenvalue weighted by Gasteiger charge is 2.25. The molecule has 0 spiro atoms. The fourth-order valence-electron chi connectivity index (χ4n) is 3.74. The van der Waals surface area contributed by atoms with E-state index < -0.39 is 18.1 Å². The fourth-order valence-corrected chi connectivity index (χ4v) is 3.74. The van der Waals surface area contributed by atoms with Crippen molar-refractivity contribution in [1.82, 2.24) is 25.6 Å². The third-order valence-electron chi connectivity index (χ3n) is 5.60. The van der Waals surface area contributed by atoms with Crippen molar-refractivity contribution >= 4 is 29.5 Å². The van der Waals surface area contributed by atoms with Gasteiger partial charge in [-0.05, 0) is 38.7 Å². The molecule has 0 bridgehead atoms. The van der Waals surface area contributed by atoms with Crippen molar-refractivity contribution in [1.29, 1.82) is 0 Å². The predicted octanol–water partition coefficient (Wildman–Crippen LogP) is 3.35. The number of rotatable bonds is 8. The number of nitrogens with zero attached hydrogens (tertiary/aromatic N) is 3. The highest BCUT2D eigenvalue weighted by molar-refractivity contribution is 5.83. The fraction of sp³-hybridized carbons (Fsp3) is 0.480. The Bertz CT molecular complexity index is 1120. The summed E-state index contributed by atoms with van der Waals surface area (Å²) >= 11 is 0. The van der Waals surface area contributed by atoms with Crippen LogP contribution in [0.2, 0.25) is 0 Å². The van der Waals surface area contributed by atoms with Crippen molar-refractivity contribution in [3.05, 3.63) is 36.0 Å². The summed E-state index contributed by atoms with van der Waals surface area (Å²) in [4.78, 5) is 36.1. The molecule has 2 heterocycles. The number of pyridine rings is 1. The van der Waals surface area contributed by atoms with Gasteiger partial charge in [-0.15, -0.1) is 0 Å². The van der Waals surface area contributed by atoms with Crippen molar-refractivity contribution in [3.8, 4) is 11.8 Å². The maximum Gasteiger partial charge on any atom is 0.407 e. The summed E-state index contributed by atoms with van der Waals surface area (Å²) in [5, 5.41) is 11.5. The number of carbonyl (C=O) groups excluding carboxylic acids is 2. The Kier molecular flexibility index (Phi) is 9.80. The molecule has 1 saturated carbocycles. The van der Waals surface area contributed by atoms with Gasteiger partial charge in [0.25, 0.3) is 5.91 Å². The molecule has 11 heteroatoms. The summed E-state index contributed by atoms with van der Waals surface area (Å²) in [6.07, 6.45) is 5.79. The number of amides is 2. The van der Waals surface area contributed by atoms with E-state index in [1.165, 1.54) is 19.3 Å². The molecule has 0 aliphatic heterocycles. The molecule has 36 heavy (non-hydrogen) atoms. The van der Waals surface area contributed by atoms with Gasteiger partial charge in [0.15, 0.2) is 6.10 Å². The first kappa shape index (κ1) is 26.7. The highest BCUT2D eigenvalue weighted by Crippen LogP contribution is 2.24. The van der Waals surface area contributed by atoms with Crippen molar-refractivity contribution in [2.75, 3.05) is 24.2 Å². The largest absolute Gasteiger partial charge is 0.436 e. The van der Waals surface area contributed by atoms with Gasteiger partial charge in [0.2, 0.25) is 11.9 Å². The molecule has 2 aromatic rings. The second-order valence-corrected chi connectivity index (χ2v) is 8.51. The van der Waals surface area contributed by atoms with Crippen LogP contribution in [0.4, 0.5) is 26.6 Å². The molecule has 3 rings (SSSR count). The quantitative estimate of drug-likeness (QED) is 0.323. The molecular weight excluding hydrogens is 465 g/mol. The molecule has 4 N–H and O–H groups in total. The van der Waals surface area contributed by atoms with E-state index in [9.17, 15) is 14.0 Å². The summed E-state index contributed by atoms with van der Waals surface area (Å²) in [5.74, 6) is 6.59. The van der Waals surface area contributed by atoms with Crippen LogP contribution < -0.4 is 21.3 Å². The maximum atomic E-state index is 13.4. The number of carbonyl (C=O) groups is 2. The second kappa shape index (κ2) is 13.2. The number of ether oxygens (including phenoxy) is 1. The summed E-state index contributed by atoms with van der Waals surface area (Å²) in [5.41, 5.74) is 1.15. The molecule has 0 aromatic carbocycles. The van der Waals surface area contributed by atoms with Crippen molar-refractivity contribution in [2.45, 2.75) is 58.1 Å². The molecule has 3 atom stereocenters. The zero-order valence-electron chi connectivity index (χ0n) is 20.7. The third-order valence-corrected chi connectivity index (χ3v) is 5.60. The number of nitrogens with one attached hydrogen (secondary N) is 4. The zero-order valence-corrected chi connectivity index (χ0v) is 20.7. The van der Waals surface area contributed by atoms with E-state index in [1.54, 1.807) is 19.2 Å². The van der Waals surface area contributed by atoms with Gasteiger partial charge in [-0.25, -0.2) is 14.8 Å². The number of halogens is 1. The highest BCUT2D eigenvalue weighted by atomic mass is 19.1. The van der Waals surface area contributed by atoms with Gasteiger partial charge in [-0.3, -0.25) is 4.79 Å². The van der Waals surface area contributed by atoms with Crippen LogP contribution in [-0.4, -0.2) is 52.7 Å². The normalized spacial score (nSPS) is 17.7. The molecule has 1 aliphatic carbocycles. The van der Waals surface area contributed by atoms with Gasteiger partial charge in [0.05, 0.1) is 11.8 Å². The zero-order chi connectivity index (χ0) is 25.9. The number of hydrogen-bond acceptors (Lipinski definition) is 8. The minimum Gasteiger partial charge on any atom is -0.436 e. The average Bonchev–Trinajstić information content (AvgIpc) is 2.87. The van der Waals surface area contributed by atoms with E-state index in [1.807, 2.05) is 0 Å². The van der Waals surface area contributed by atoms with Gasteiger partial charge in [0, 0.05) is 43.5 Å². The minimum atomic E-state index is -0.878. The van der Waals surface area contributed by atoms with Gasteiger partial charge in [-0.1, -0.05) is 25.2 Å². The van der Waals surface area contributed by atoms with Crippen LogP contribution in [0.5, 0.6) is 0 Å². The van der Waals surface area contributed by atoms with E-state index in [0.29, 0.717) is 36.0 Å². The van der Waals surface area contributed by atoms with Gasteiger partial charge in [-0.2, -0.15) is 9.37 Å². The topological polar surface area (TPSA) is 130 Å². The van der Waals surface area contributed by atoms with Crippen LogP contribution in [0.25, 0.3) is 0 Å². The first-order valence-corrected chi connectivity index (χ1v) is 12.1. The number of aromatic nitrogens is 3. The van der Waals surface area contributed by atoms with Crippen molar-refractivity contribution in [2.24, 2.45) is 5.92 Å². The standard InChI is InChI=1S/C25H32FN7O3/c1-4-11-29-22-18(15-30-24(33-22)32-20-10-12-28-21(26)14-20)9-8-17-6-5-7-19(13-17)31-23(34)16(2)36-25(35)27-3/h10,12,14-17,19H,4-7,11,13H2,1-3H3,(H,27,35)(H,31,34)(H2,28,29,30,32,33)/t16-,17-,19-/m0/s1. The van der Waals surface area contributed by atoms with E-state index in [2.05, 4.69) is 55.0 Å². The SMILES string of the molecule is CCCNc1nc(Nc2ccnc(F)c2)ncc1C#C[C@@H]1CCC[C@H](NC(=O)[C@H](C)OC(=O)NC)C1. The Morgan fingerprint density at radius 1 is 1.31 bits per heavy atom. The van der Waals surface area contributed by atoms with Gasteiger partial charge in [0.1, 0.15) is 5.82 Å². The van der Waals surface area contributed by atoms with E-state index in [4.69, 9.17) is 4.74 Å². The Morgan fingerprint density at radius 2 is 2.14 bits per heavy atom. The van der Waals surface area contributed by atoms with Crippen LogP contribution in [0.3, 0.4) is 0 Å². The molecule has 192 valence electrons. The van der Waals surface area contributed by atoms with Crippen LogP contribution in [0, 0.1) is 23.7 Å². The lowest BCUT2D eigenvalue weighted by Crippen LogP contribution is -2.44.